The van der Waals surface area contributed by atoms with Gasteiger partial charge in [0.1, 0.15) is 6.04 Å². The van der Waals surface area contributed by atoms with Gasteiger partial charge in [0.15, 0.2) is 0 Å². The maximum atomic E-state index is 7.77. The van der Waals surface area contributed by atoms with Crippen molar-refractivity contribution in [2.24, 2.45) is 16.0 Å². The first kappa shape index (κ1) is 49.1. The third-order valence-corrected chi connectivity index (χ3v) is 10.5. The van der Waals surface area contributed by atoms with Crippen LogP contribution in [0.25, 0.3) is 0 Å². The van der Waals surface area contributed by atoms with Gasteiger partial charge in [0.25, 0.3) is 0 Å². The maximum absolute atomic E-state index is 7.77. The summed E-state index contributed by atoms with van der Waals surface area (Å²) in [4.78, 5) is 4.86. The number of hydrogen-bond donors (Lipinski definition) is 1. The van der Waals surface area contributed by atoms with E-state index in [-0.39, 0.29) is 17.2 Å². The predicted octanol–water partition coefficient (Wildman–Crippen LogP) is 14.3. The minimum atomic E-state index is -0.347. The molecule has 1 unspecified atom stereocenters. The quantitative estimate of drug-likeness (QED) is 0.0391. The molecule has 0 saturated carbocycles. The molecule has 50 heavy (non-hydrogen) atoms. The van der Waals surface area contributed by atoms with Crippen molar-refractivity contribution in [3.8, 4) is 0 Å². The van der Waals surface area contributed by atoms with Gasteiger partial charge < -0.3 is 14.2 Å². The zero-order valence-electron chi connectivity index (χ0n) is 35.0. The van der Waals surface area contributed by atoms with Crippen LogP contribution in [0.4, 0.5) is 0 Å². The van der Waals surface area contributed by atoms with Gasteiger partial charge in [-0.2, -0.15) is 5.11 Å². The Morgan fingerprint density at radius 2 is 0.920 bits per heavy atom. The summed E-state index contributed by atoms with van der Waals surface area (Å²) in [6.45, 7) is 15.5. The number of rotatable bonds is 40. The van der Waals surface area contributed by atoms with Crippen molar-refractivity contribution in [3.63, 3.8) is 0 Å². The molecule has 0 aromatic carbocycles. The van der Waals surface area contributed by atoms with Gasteiger partial charge in [-0.05, 0) is 59.3 Å². The molecule has 0 fully saturated rings. The smallest absolute Gasteiger partial charge is 0.128 e. The number of nitrogens with zero attached hydrogens (tertiary/aromatic N) is 2. The molecule has 0 radical (unpaired) electrons. The van der Waals surface area contributed by atoms with E-state index >= 15 is 0 Å². The lowest BCUT2D eigenvalue weighted by Gasteiger charge is -2.30. The third kappa shape index (κ3) is 34.2. The van der Waals surface area contributed by atoms with Crippen molar-refractivity contribution in [1.29, 1.82) is 5.53 Å². The SMILES string of the molecule is CCCCCCCCCCCCCCC(CCCCCCCCCCCCCC)CN=CC(COC(C)(C)CCOC(C)(C)CCOC)N=N. The summed E-state index contributed by atoms with van der Waals surface area (Å²) in [6.07, 6.45) is 39.6. The largest absolute Gasteiger partial charge is 0.385 e. The first-order chi connectivity index (χ1) is 24.2. The van der Waals surface area contributed by atoms with Crippen LogP contribution < -0.4 is 0 Å². The second-order valence-corrected chi connectivity index (χ2v) is 16.6. The first-order valence-corrected chi connectivity index (χ1v) is 21.8. The van der Waals surface area contributed by atoms with E-state index in [9.17, 15) is 0 Å². The number of nitrogens with one attached hydrogen (secondary N) is 1. The molecule has 0 rings (SSSR count). The van der Waals surface area contributed by atoms with E-state index in [2.05, 4.69) is 46.7 Å². The van der Waals surface area contributed by atoms with Gasteiger partial charge in [-0.25, -0.2) is 5.53 Å². The Hall–Kier alpha value is -0.850. The Balaban J connectivity index is 4.56. The average molecular weight is 708 g/mol. The highest BCUT2D eigenvalue weighted by molar-refractivity contribution is 5.64. The summed E-state index contributed by atoms with van der Waals surface area (Å²) >= 11 is 0. The molecule has 0 aliphatic heterocycles. The molecule has 0 aromatic heterocycles. The van der Waals surface area contributed by atoms with Crippen LogP contribution in [0.3, 0.4) is 0 Å². The van der Waals surface area contributed by atoms with Crippen LogP contribution in [0.15, 0.2) is 10.1 Å². The highest BCUT2D eigenvalue weighted by atomic mass is 16.5. The molecule has 0 amide bonds. The van der Waals surface area contributed by atoms with Crippen molar-refractivity contribution >= 4 is 6.21 Å². The molecule has 0 heterocycles. The van der Waals surface area contributed by atoms with Gasteiger partial charge in [-0.15, -0.1) is 0 Å². The van der Waals surface area contributed by atoms with Crippen LogP contribution in [0.5, 0.6) is 0 Å². The highest BCUT2D eigenvalue weighted by Gasteiger charge is 2.23. The van der Waals surface area contributed by atoms with Gasteiger partial charge >= 0.3 is 0 Å². The summed E-state index contributed by atoms with van der Waals surface area (Å²) in [5.41, 5.74) is 7.20. The van der Waals surface area contributed by atoms with E-state index < -0.39 is 0 Å². The molecular formula is C44H89N3O3. The van der Waals surface area contributed by atoms with Crippen molar-refractivity contribution < 1.29 is 14.2 Å². The van der Waals surface area contributed by atoms with Crippen LogP contribution in [0.2, 0.25) is 0 Å². The van der Waals surface area contributed by atoms with Gasteiger partial charge in [0.2, 0.25) is 0 Å². The Bertz CT molecular complexity index is 714. The summed E-state index contributed by atoms with van der Waals surface area (Å²) in [5.74, 6) is 0.639. The van der Waals surface area contributed by atoms with Crippen molar-refractivity contribution in [2.75, 3.05) is 33.5 Å². The minimum absolute atomic E-state index is 0.213. The first-order valence-electron chi connectivity index (χ1n) is 21.8. The van der Waals surface area contributed by atoms with Crippen molar-refractivity contribution in [1.82, 2.24) is 0 Å². The fraction of sp³-hybridized carbons (Fsp3) is 0.977. The minimum Gasteiger partial charge on any atom is -0.385 e. The van der Waals surface area contributed by atoms with Crippen molar-refractivity contribution in [3.05, 3.63) is 0 Å². The van der Waals surface area contributed by atoms with Crippen LogP contribution in [-0.4, -0.2) is 56.9 Å². The lowest BCUT2D eigenvalue weighted by Crippen LogP contribution is -2.33. The number of ether oxygens (including phenoxy) is 3. The van der Waals surface area contributed by atoms with E-state index in [4.69, 9.17) is 24.7 Å². The van der Waals surface area contributed by atoms with Gasteiger partial charge in [-0.3, -0.25) is 4.99 Å². The maximum Gasteiger partial charge on any atom is 0.128 e. The Morgan fingerprint density at radius 1 is 0.540 bits per heavy atom. The molecule has 0 spiro atoms. The molecule has 0 aliphatic carbocycles. The number of methoxy groups -OCH3 is 1. The standard InChI is InChI=1S/C44H89N3O3/c1-8-10-12-14-16-18-20-22-24-26-28-30-32-41(33-31-29-27-25-23-21-19-17-15-13-11-9-2)38-46-39-42(47-45)40-50-44(5,6)35-37-49-43(3,4)34-36-48-7/h39,41-42,45H,8-38,40H2,1-7H3. The molecule has 0 bridgehead atoms. The van der Waals surface area contributed by atoms with E-state index in [0.717, 1.165) is 19.4 Å². The Kier molecular flexibility index (Phi) is 34.6. The Morgan fingerprint density at radius 3 is 1.32 bits per heavy atom. The van der Waals surface area contributed by atoms with E-state index in [1.54, 1.807) is 7.11 Å². The van der Waals surface area contributed by atoms with Crippen LogP contribution in [0, 0.1) is 11.4 Å². The Labute approximate surface area is 313 Å². The molecule has 298 valence electrons. The molecular weight excluding hydrogens is 619 g/mol. The molecule has 6 heteroatoms. The average Bonchev–Trinajstić information content (AvgIpc) is 3.09. The van der Waals surface area contributed by atoms with E-state index in [1.807, 2.05) is 6.21 Å². The molecule has 0 aliphatic rings. The zero-order valence-corrected chi connectivity index (χ0v) is 35.0. The summed E-state index contributed by atoms with van der Waals surface area (Å²) in [5, 5.41) is 3.84. The monoisotopic (exact) mass is 708 g/mol. The zero-order chi connectivity index (χ0) is 37.0. The van der Waals surface area contributed by atoms with E-state index in [1.165, 1.54) is 167 Å². The molecule has 0 saturated heterocycles. The normalized spacial score (nSPS) is 13.2. The van der Waals surface area contributed by atoms with Gasteiger partial charge in [0, 0.05) is 26.5 Å². The van der Waals surface area contributed by atoms with Gasteiger partial charge in [0.05, 0.1) is 24.4 Å². The summed E-state index contributed by atoms with van der Waals surface area (Å²) < 4.78 is 17.6. The molecule has 0 aromatic rings. The second kappa shape index (κ2) is 35.2. The highest BCUT2D eigenvalue weighted by Crippen LogP contribution is 2.22. The van der Waals surface area contributed by atoms with Crippen LogP contribution in [-0.2, 0) is 14.2 Å². The number of unbranched alkanes of at least 4 members (excludes halogenated alkanes) is 22. The fourth-order valence-corrected chi connectivity index (χ4v) is 6.70. The molecule has 1 N–H and O–H groups in total. The number of hydrogen-bond acceptors (Lipinski definition) is 6. The van der Waals surface area contributed by atoms with Crippen LogP contribution in [0.1, 0.15) is 221 Å². The third-order valence-electron chi connectivity index (χ3n) is 10.5. The summed E-state index contributed by atoms with van der Waals surface area (Å²) in [6, 6.07) is -0.327. The second-order valence-electron chi connectivity index (χ2n) is 16.6. The van der Waals surface area contributed by atoms with Crippen molar-refractivity contribution in [2.45, 2.75) is 239 Å². The number of aliphatic imine (C=N–C) groups is 1. The fourth-order valence-electron chi connectivity index (χ4n) is 6.70. The lowest BCUT2D eigenvalue weighted by atomic mass is 9.94. The van der Waals surface area contributed by atoms with Crippen LogP contribution >= 0.6 is 0 Å². The predicted molar refractivity (Wildman–Crippen MR) is 218 cm³/mol. The molecule has 6 nitrogen and oxygen atoms in total. The summed E-state index contributed by atoms with van der Waals surface area (Å²) in [7, 11) is 1.73. The molecule has 1 atom stereocenters. The van der Waals surface area contributed by atoms with E-state index in [0.29, 0.717) is 25.7 Å². The van der Waals surface area contributed by atoms with Gasteiger partial charge in [-0.1, -0.05) is 168 Å². The lowest BCUT2D eigenvalue weighted by molar-refractivity contribution is -0.0791. The topological polar surface area (TPSA) is 76.3 Å².